The summed E-state index contributed by atoms with van der Waals surface area (Å²) in [4.78, 5) is 4.73. The van der Waals surface area contributed by atoms with Gasteiger partial charge in [0.1, 0.15) is 30.9 Å². The lowest BCUT2D eigenvalue weighted by Crippen LogP contribution is -2.12. The van der Waals surface area contributed by atoms with Crippen LogP contribution in [0.15, 0.2) is 58.8 Å². The van der Waals surface area contributed by atoms with E-state index in [-0.39, 0.29) is 12.3 Å². The molecule has 0 aliphatic rings. The second-order valence-electron chi connectivity index (χ2n) is 5.32. The van der Waals surface area contributed by atoms with E-state index in [1.54, 1.807) is 37.3 Å². The second kappa shape index (κ2) is 8.37. The molecule has 26 heavy (non-hydrogen) atoms. The Hall–Kier alpha value is -3.03. The van der Waals surface area contributed by atoms with Gasteiger partial charge in [0.15, 0.2) is 0 Å². The molecule has 0 unspecified atom stereocenters. The van der Waals surface area contributed by atoms with Gasteiger partial charge in [-0.3, -0.25) is 0 Å². The number of benzene rings is 2. The maximum absolute atomic E-state index is 12.7. The highest BCUT2D eigenvalue weighted by Gasteiger charge is 2.30. The molecular weight excluding hydrogens is 349 g/mol. The molecule has 5 nitrogen and oxygen atoms in total. The number of ether oxygens (including phenoxy) is 1. The predicted molar refractivity (Wildman–Crippen MR) is 90.7 cm³/mol. The molecule has 0 bridgehead atoms. The molecule has 0 amide bonds. The van der Waals surface area contributed by atoms with Crippen molar-refractivity contribution in [3.8, 4) is 5.75 Å². The quantitative estimate of drug-likeness (QED) is 0.466. The molecule has 8 heteroatoms. The van der Waals surface area contributed by atoms with E-state index in [4.69, 9.17) is 14.8 Å². The molecule has 2 aromatic rings. The van der Waals surface area contributed by atoms with Crippen LogP contribution in [-0.2, 0) is 17.6 Å². The van der Waals surface area contributed by atoms with Crippen LogP contribution in [0.1, 0.15) is 23.6 Å². The van der Waals surface area contributed by atoms with Crippen LogP contribution in [0.4, 0.5) is 13.2 Å². The Bertz CT molecular complexity index is 800. The highest BCUT2D eigenvalue weighted by Crippen LogP contribution is 2.29. The molecule has 0 saturated carbocycles. The van der Waals surface area contributed by atoms with Crippen LogP contribution in [-0.4, -0.2) is 23.7 Å². The first-order valence-corrected chi connectivity index (χ1v) is 7.54. The van der Waals surface area contributed by atoms with Gasteiger partial charge in [0.25, 0.3) is 0 Å². The fourth-order valence-corrected chi connectivity index (χ4v) is 2.18. The van der Waals surface area contributed by atoms with Gasteiger partial charge in [-0.25, -0.2) is 0 Å². The molecule has 0 heterocycles. The van der Waals surface area contributed by atoms with E-state index in [9.17, 15) is 13.2 Å². The van der Waals surface area contributed by atoms with Gasteiger partial charge >= 0.3 is 6.18 Å². The summed E-state index contributed by atoms with van der Waals surface area (Å²) in [7, 11) is 1.37. The van der Waals surface area contributed by atoms with Gasteiger partial charge < -0.3 is 14.8 Å². The summed E-state index contributed by atoms with van der Waals surface area (Å²) in [5.41, 5.74) is 0.944. The fourth-order valence-electron chi connectivity index (χ4n) is 2.18. The molecule has 0 radical (unpaired) electrons. The minimum Gasteiger partial charge on any atom is -0.489 e. The Morgan fingerprint density at radius 3 is 2.38 bits per heavy atom. The van der Waals surface area contributed by atoms with Crippen LogP contribution in [0.5, 0.6) is 5.75 Å². The molecule has 0 aliphatic carbocycles. The second-order valence-corrected chi connectivity index (χ2v) is 5.32. The first-order valence-electron chi connectivity index (χ1n) is 7.54. The van der Waals surface area contributed by atoms with Crippen LogP contribution in [0.3, 0.4) is 0 Å². The van der Waals surface area contributed by atoms with Crippen LogP contribution < -0.4 is 4.74 Å². The zero-order chi connectivity index (χ0) is 19.2. The Labute approximate surface area is 148 Å². The smallest absolute Gasteiger partial charge is 0.416 e. The molecule has 0 saturated heterocycles. The number of nitrogens with zero attached hydrogens (tertiary/aromatic N) is 2. The zero-order valence-corrected chi connectivity index (χ0v) is 14.1. The summed E-state index contributed by atoms with van der Waals surface area (Å²) in [6.07, 6.45) is -4.39. The number of hydrogen-bond acceptors (Lipinski definition) is 5. The summed E-state index contributed by atoms with van der Waals surface area (Å²) >= 11 is 0. The normalized spacial score (nSPS) is 12.8. The number of oxime groups is 2. The van der Waals surface area contributed by atoms with Crippen LogP contribution >= 0.6 is 0 Å². The number of halogens is 3. The van der Waals surface area contributed by atoms with E-state index in [0.29, 0.717) is 22.6 Å². The first kappa shape index (κ1) is 19.3. The van der Waals surface area contributed by atoms with Crippen LogP contribution in [0, 0.1) is 0 Å². The minimum absolute atomic E-state index is 0.000585. The van der Waals surface area contributed by atoms with Crippen molar-refractivity contribution in [1.82, 2.24) is 0 Å². The third-order valence-electron chi connectivity index (χ3n) is 3.46. The average Bonchev–Trinajstić information content (AvgIpc) is 2.64. The van der Waals surface area contributed by atoms with Gasteiger partial charge in [0.05, 0.1) is 5.56 Å². The Morgan fingerprint density at radius 1 is 1.12 bits per heavy atom. The maximum Gasteiger partial charge on any atom is 0.416 e. The largest absolute Gasteiger partial charge is 0.489 e. The van der Waals surface area contributed by atoms with Crippen molar-refractivity contribution in [1.29, 1.82) is 0 Å². The monoisotopic (exact) mass is 366 g/mol. The Morgan fingerprint density at radius 2 is 1.81 bits per heavy atom. The maximum atomic E-state index is 12.7. The SMILES string of the molecule is CO/N=C(\C(C)=NO)c1ccc(OCc2cccc(C(F)(F)F)c2)cc1. The number of alkyl halides is 3. The van der Waals surface area contributed by atoms with Crippen LogP contribution in [0.2, 0.25) is 0 Å². The van der Waals surface area contributed by atoms with Gasteiger partial charge in [-0.2, -0.15) is 13.2 Å². The van der Waals surface area contributed by atoms with Crippen molar-refractivity contribution < 1.29 is 28.0 Å². The van der Waals surface area contributed by atoms with Crippen molar-refractivity contribution >= 4 is 11.4 Å². The lowest BCUT2D eigenvalue weighted by Gasteiger charge is -2.10. The summed E-state index contributed by atoms with van der Waals surface area (Å²) in [6, 6.07) is 11.6. The molecule has 0 atom stereocenters. The molecular formula is C18H17F3N2O3. The zero-order valence-electron chi connectivity index (χ0n) is 14.1. The van der Waals surface area contributed by atoms with Gasteiger partial charge in [0, 0.05) is 5.56 Å². The highest BCUT2D eigenvalue weighted by molar-refractivity contribution is 6.47. The summed E-state index contributed by atoms with van der Waals surface area (Å²) in [6.45, 7) is 1.56. The lowest BCUT2D eigenvalue weighted by molar-refractivity contribution is -0.137. The average molecular weight is 366 g/mol. The van der Waals surface area contributed by atoms with Crippen molar-refractivity contribution in [3.05, 3.63) is 65.2 Å². The molecule has 0 fully saturated rings. The van der Waals surface area contributed by atoms with E-state index < -0.39 is 11.7 Å². The first-order chi connectivity index (χ1) is 12.3. The Balaban J connectivity index is 2.09. The predicted octanol–water partition coefficient (Wildman–Crippen LogP) is 4.49. The summed E-state index contributed by atoms with van der Waals surface area (Å²) in [5, 5.41) is 15.8. The third kappa shape index (κ3) is 4.98. The van der Waals surface area contributed by atoms with E-state index >= 15 is 0 Å². The topological polar surface area (TPSA) is 63.4 Å². The summed E-state index contributed by atoms with van der Waals surface area (Å²) in [5.74, 6) is 0.474. The molecule has 2 rings (SSSR count). The van der Waals surface area contributed by atoms with Gasteiger partial charge in [-0.15, -0.1) is 0 Å². The van der Waals surface area contributed by atoms with Crippen molar-refractivity contribution in [3.63, 3.8) is 0 Å². The van der Waals surface area contributed by atoms with E-state index in [0.717, 1.165) is 12.1 Å². The fraction of sp³-hybridized carbons (Fsp3) is 0.222. The van der Waals surface area contributed by atoms with E-state index in [1.807, 2.05) is 0 Å². The van der Waals surface area contributed by atoms with Gasteiger partial charge in [-0.05, 0) is 48.9 Å². The highest BCUT2D eigenvalue weighted by atomic mass is 19.4. The van der Waals surface area contributed by atoms with Crippen molar-refractivity contribution in [2.24, 2.45) is 10.3 Å². The number of rotatable bonds is 6. The third-order valence-corrected chi connectivity index (χ3v) is 3.46. The molecule has 138 valence electrons. The van der Waals surface area contributed by atoms with Gasteiger partial charge in [0.2, 0.25) is 0 Å². The standard InChI is InChI=1S/C18H17F3N2O3/c1-12(22-24)17(23-25-2)14-6-8-16(9-7-14)26-11-13-4-3-5-15(10-13)18(19,20)21/h3-10,24H,11H2,1-2H3/b22-12?,23-17+. The van der Waals surface area contributed by atoms with Crippen molar-refractivity contribution in [2.75, 3.05) is 7.11 Å². The van der Waals surface area contributed by atoms with E-state index in [2.05, 4.69) is 10.3 Å². The van der Waals surface area contributed by atoms with Crippen LogP contribution in [0.25, 0.3) is 0 Å². The molecule has 0 aliphatic heterocycles. The Kier molecular flexibility index (Phi) is 6.21. The van der Waals surface area contributed by atoms with Crippen molar-refractivity contribution in [2.45, 2.75) is 19.7 Å². The minimum atomic E-state index is -4.39. The summed E-state index contributed by atoms with van der Waals surface area (Å²) < 4.78 is 43.7. The lowest BCUT2D eigenvalue weighted by atomic mass is 10.1. The molecule has 0 spiro atoms. The van der Waals surface area contributed by atoms with Gasteiger partial charge in [-0.1, -0.05) is 22.4 Å². The molecule has 1 N–H and O–H groups in total. The molecule has 0 aromatic heterocycles. The number of hydrogen-bond donors (Lipinski definition) is 1. The van der Waals surface area contributed by atoms with E-state index in [1.165, 1.54) is 13.2 Å². The molecule has 2 aromatic carbocycles.